The fourth-order valence-corrected chi connectivity index (χ4v) is 3.47. The average Bonchev–Trinajstić information content (AvgIpc) is 2.95. The van der Waals surface area contributed by atoms with Gasteiger partial charge in [-0.3, -0.25) is 9.78 Å². The van der Waals surface area contributed by atoms with Gasteiger partial charge in [0.05, 0.1) is 0 Å². The molecule has 104 valence electrons. The Bertz CT molecular complexity index is 433. The van der Waals surface area contributed by atoms with E-state index in [1.54, 1.807) is 12.3 Å². The summed E-state index contributed by atoms with van der Waals surface area (Å²) in [5.41, 5.74) is 1.06. The van der Waals surface area contributed by atoms with Crippen LogP contribution in [0.5, 0.6) is 0 Å². The maximum absolute atomic E-state index is 12.1. The Morgan fingerprint density at radius 1 is 1.21 bits per heavy atom. The maximum Gasteiger partial charge on any atom is 0.270 e. The molecule has 0 unspecified atom stereocenters. The van der Waals surface area contributed by atoms with Gasteiger partial charge in [0.25, 0.3) is 5.91 Å². The van der Waals surface area contributed by atoms with Gasteiger partial charge in [0, 0.05) is 11.7 Å². The van der Waals surface area contributed by atoms with Crippen LogP contribution < -0.4 is 5.32 Å². The monoisotopic (exact) mass is 260 g/mol. The van der Waals surface area contributed by atoms with Crippen molar-refractivity contribution >= 4 is 5.91 Å². The van der Waals surface area contributed by atoms with E-state index in [-0.39, 0.29) is 11.4 Å². The van der Waals surface area contributed by atoms with Gasteiger partial charge in [-0.15, -0.1) is 0 Å². The zero-order valence-electron chi connectivity index (χ0n) is 12.2. The zero-order chi connectivity index (χ0) is 13.9. The first-order valence-corrected chi connectivity index (χ1v) is 7.35. The lowest BCUT2D eigenvalue weighted by Gasteiger charge is -2.27. The second kappa shape index (κ2) is 5.32. The summed E-state index contributed by atoms with van der Waals surface area (Å²) in [6, 6.07) is 5.46. The highest BCUT2D eigenvalue weighted by Crippen LogP contribution is 2.56. The normalized spacial score (nSPS) is 31.5. The largest absolute Gasteiger partial charge is 0.345 e. The Balaban J connectivity index is 0.000000637. The van der Waals surface area contributed by atoms with Gasteiger partial charge in [-0.1, -0.05) is 26.8 Å². The number of fused-ring (bicyclic) bond motifs is 2. The van der Waals surface area contributed by atoms with Crippen molar-refractivity contribution in [1.82, 2.24) is 10.3 Å². The van der Waals surface area contributed by atoms with Gasteiger partial charge >= 0.3 is 0 Å². The molecule has 3 heteroatoms. The maximum atomic E-state index is 12.1. The van der Waals surface area contributed by atoms with Crippen LogP contribution >= 0.6 is 0 Å². The molecule has 1 heterocycles. The van der Waals surface area contributed by atoms with Gasteiger partial charge in [0.15, 0.2) is 0 Å². The summed E-state index contributed by atoms with van der Waals surface area (Å²) in [6.45, 7) is 6.34. The highest BCUT2D eigenvalue weighted by atomic mass is 16.2. The quantitative estimate of drug-likeness (QED) is 0.883. The Kier molecular flexibility index (Phi) is 3.93. The first kappa shape index (κ1) is 14.0. The molecule has 1 aromatic heterocycles. The van der Waals surface area contributed by atoms with Gasteiger partial charge in [-0.25, -0.2) is 0 Å². The Hall–Kier alpha value is -1.38. The van der Waals surface area contributed by atoms with Gasteiger partial charge in [0.2, 0.25) is 0 Å². The van der Waals surface area contributed by atoms with E-state index in [1.165, 1.54) is 12.8 Å². The second-order valence-corrected chi connectivity index (χ2v) is 5.94. The molecule has 2 aliphatic carbocycles. The van der Waals surface area contributed by atoms with Crippen LogP contribution in [0.3, 0.4) is 0 Å². The highest BCUT2D eigenvalue weighted by molar-refractivity contribution is 5.92. The van der Waals surface area contributed by atoms with Crippen LogP contribution in [0.2, 0.25) is 0 Å². The molecule has 2 bridgehead atoms. The van der Waals surface area contributed by atoms with Gasteiger partial charge in [-0.05, 0) is 49.7 Å². The van der Waals surface area contributed by atoms with Crippen molar-refractivity contribution in [3.05, 3.63) is 30.1 Å². The molecule has 0 atom stereocenters. The zero-order valence-corrected chi connectivity index (χ0v) is 12.2. The SMILES string of the molecule is CC.CC12CCC(NC(=O)c3ccccn3)(CC1)C2. The smallest absolute Gasteiger partial charge is 0.270 e. The molecule has 2 saturated carbocycles. The summed E-state index contributed by atoms with van der Waals surface area (Å²) in [6.07, 6.45) is 7.55. The van der Waals surface area contributed by atoms with E-state index < -0.39 is 0 Å². The summed E-state index contributed by atoms with van der Waals surface area (Å²) in [4.78, 5) is 16.2. The van der Waals surface area contributed by atoms with Gasteiger partial charge < -0.3 is 5.32 Å². The minimum Gasteiger partial charge on any atom is -0.345 e. The molecule has 1 amide bonds. The number of pyridine rings is 1. The van der Waals surface area contributed by atoms with E-state index >= 15 is 0 Å². The summed E-state index contributed by atoms with van der Waals surface area (Å²) in [5, 5.41) is 3.22. The molecule has 0 saturated heterocycles. The lowest BCUT2D eigenvalue weighted by atomic mass is 9.86. The van der Waals surface area contributed by atoms with E-state index in [0.29, 0.717) is 11.1 Å². The number of hydrogen-bond donors (Lipinski definition) is 1. The molecule has 3 nitrogen and oxygen atoms in total. The molecule has 3 rings (SSSR count). The molecule has 2 fully saturated rings. The number of hydrogen-bond acceptors (Lipinski definition) is 2. The van der Waals surface area contributed by atoms with Crippen LogP contribution in [0.25, 0.3) is 0 Å². The topological polar surface area (TPSA) is 42.0 Å². The highest BCUT2D eigenvalue weighted by Gasteiger charge is 2.52. The number of nitrogens with zero attached hydrogens (tertiary/aromatic N) is 1. The van der Waals surface area contributed by atoms with E-state index in [9.17, 15) is 4.79 Å². The van der Waals surface area contributed by atoms with Crippen molar-refractivity contribution in [3.8, 4) is 0 Å². The van der Waals surface area contributed by atoms with E-state index in [2.05, 4.69) is 17.2 Å². The lowest BCUT2D eigenvalue weighted by Crippen LogP contribution is -2.45. The first-order valence-electron chi connectivity index (χ1n) is 7.35. The minimum atomic E-state index is -0.0169. The lowest BCUT2D eigenvalue weighted by molar-refractivity contribution is 0.0896. The number of carbonyl (C=O) groups is 1. The van der Waals surface area contributed by atoms with Crippen molar-refractivity contribution in [1.29, 1.82) is 0 Å². The van der Waals surface area contributed by atoms with Crippen molar-refractivity contribution in [2.24, 2.45) is 5.41 Å². The molecule has 19 heavy (non-hydrogen) atoms. The van der Waals surface area contributed by atoms with Crippen molar-refractivity contribution in [2.75, 3.05) is 0 Å². The van der Waals surface area contributed by atoms with Crippen molar-refractivity contribution < 1.29 is 4.79 Å². The van der Waals surface area contributed by atoms with Gasteiger partial charge in [0.1, 0.15) is 5.69 Å². The molecular formula is C16H24N2O. The molecular weight excluding hydrogens is 236 g/mol. The third-order valence-corrected chi connectivity index (χ3v) is 4.46. The Morgan fingerprint density at radius 2 is 1.89 bits per heavy atom. The average molecular weight is 260 g/mol. The first-order chi connectivity index (χ1) is 9.11. The second-order valence-electron chi connectivity index (χ2n) is 5.94. The molecule has 2 aliphatic rings. The third kappa shape index (κ3) is 2.80. The number of carbonyl (C=O) groups excluding carboxylic acids is 1. The van der Waals surface area contributed by atoms with Crippen LogP contribution in [0.1, 0.15) is 63.4 Å². The molecule has 0 aromatic carbocycles. The predicted octanol–water partition coefficient (Wildman–Crippen LogP) is 3.56. The number of nitrogens with one attached hydrogen (secondary N) is 1. The van der Waals surface area contributed by atoms with Crippen LogP contribution in [0.15, 0.2) is 24.4 Å². The summed E-state index contributed by atoms with van der Waals surface area (Å²) >= 11 is 0. The number of aromatic nitrogens is 1. The number of amides is 1. The van der Waals surface area contributed by atoms with E-state index in [0.717, 1.165) is 19.3 Å². The molecule has 0 aliphatic heterocycles. The number of rotatable bonds is 2. The molecule has 1 N–H and O–H groups in total. The van der Waals surface area contributed by atoms with Gasteiger partial charge in [-0.2, -0.15) is 0 Å². The van der Waals surface area contributed by atoms with Crippen molar-refractivity contribution in [2.45, 2.75) is 58.4 Å². The third-order valence-electron chi connectivity index (χ3n) is 4.46. The fourth-order valence-electron chi connectivity index (χ4n) is 3.47. The van der Waals surface area contributed by atoms with Crippen molar-refractivity contribution in [3.63, 3.8) is 0 Å². The Labute approximate surface area is 115 Å². The molecule has 1 aromatic rings. The summed E-state index contributed by atoms with van der Waals surface area (Å²) < 4.78 is 0. The molecule has 0 spiro atoms. The fraction of sp³-hybridized carbons (Fsp3) is 0.625. The summed E-state index contributed by atoms with van der Waals surface area (Å²) in [7, 11) is 0. The predicted molar refractivity (Wildman–Crippen MR) is 77.0 cm³/mol. The van der Waals surface area contributed by atoms with E-state index in [1.807, 2.05) is 26.0 Å². The standard InChI is InChI=1S/C14H18N2O.C2H6/c1-13-5-7-14(10-13,8-6-13)16-12(17)11-4-2-3-9-15-11;1-2/h2-4,9H,5-8,10H2,1H3,(H,16,17);1-2H3. The van der Waals surface area contributed by atoms with Crippen LogP contribution in [-0.4, -0.2) is 16.4 Å². The Morgan fingerprint density at radius 3 is 2.37 bits per heavy atom. The minimum absolute atomic E-state index is 0.0169. The van der Waals surface area contributed by atoms with Crippen LogP contribution in [0.4, 0.5) is 0 Å². The van der Waals surface area contributed by atoms with Crippen LogP contribution in [0, 0.1) is 5.41 Å². The summed E-state index contributed by atoms with van der Waals surface area (Å²) in [5.74, 6) is -0.0169. The molecule has 0 radical (unpaired) electrons. The van der Waals surface area contributed by atoms with Crippen LogP contribution in [-0.2, 0) is 0 Å². The van der Waals surface area contributed by atoms with E-state index in [4.69, 9.17) is 0 Å².